The average Bonchev–Trinajstić information content (AvgIpc) is 3.01. The molecule has 2 heterocycles. The molecule has 0 bridgehead atoms. The number of thioether (sulfide) groups is 1. The van der Waals surface area contributed by atoms with Crippen molar-refractivity contribution in [1.82, 2.24) is 4.90 Å². The molecule has 2 aromatic rings. The highest BCUT2D eigenvalue weighted by Crippen LogP contribution is 2.32. The minimum absolute atomic E-state index is 0.000964. The number of aliphatic hydroxyl groups excluding tert-OH is 1. The van der Waals surface area contributed by atoms with Gasteiger partial charge in [0, 0.05) is 36.7 Å². The molecule has 0 amide bonds. The van der Waals surface area contributed by atoms with Gasteiger partial charge in [0.15, 0.2) is 0 Å². The topological polar surface area (TPSA) is 79.8 Å². The second kappa shape index (κ2) is 7.38. The van der Waals surface area contributed by atoms with Crippen molar-refractivity contribution in [3.63, 3.8) is 0 Å². The molecule has 128 valence electrons. The van der Waals surface area contributed by atoms with Gasteiger partial charge in [-0.05, 0) is 24.6 Å². The monoisotopic (exact) mass is 348 g/mol. The third-order valence-corrected chi connectivity index (χ3v) is 5.22. The van der Waals surface area contributed by atoms with Crippen LogP contribution in [0.5, 0.6) is 0 Å². The first-order chi connectivity index (χ1) is 11.5. The van der Waals surface area contributed by atoms with Crippen LogP contribution in [0.4, 0.5) is 5.69 Å². The van der Waals surface area contributed by atoms with Gasteiger partial charge >= 0.3 is 0 Å². The second-order valence-corrected chi connectivity index (χ2v) is 7.05. The van der Waals surface area contributed by atoms with Crippen molar-refractivity contribution in [3.8, 4) is 0 Å². The maximum atomic E-state index is 10.9. The molecule has 6 nitrogen and oxygen atoms in total. The maximum absolute atomic E-state index is 10.9. The summed E-state index contributed by atoms with van der Waals surface area (Å²) in [4.78, 5) is 12.7. The van der Waals surface area contributed by atoms with Crippen LogP contribution in [0.25, 0.3) is 0 Å². The fourth-order valence-electron chi connectivity index (χ4n) is 2.92. The normalized spacial score (nSPS) is 20.0. The van der Waals surface area contributed by atoms with E-state index < -0.39 is 11.0 Å². The fraction of sp³-hybridized carbons (Fsp3) is 0.412. The first-order valence-corrected chi connectivity index (χ1v) is 9.00. The van der Waals surface area contributed by atoms with Crippen LogP contribution in [0.2, 0.25) is 0 Å². The van der Waals surface area contributed by atoms with E-state index in [0.29, 0.717) is 12.1 Å². The van der Waals surface area contributed by atoms with E-state index in [4.69, 9.17) is 4.42 Å². The Bertz CT molecular complexity index is 718. The Kier molecular flexibility index (Phi) is 5.23. The number of hydrogen-bond acceptors (Lipinski definition) is 6. The lowest BCUT2D eigenvalue weighted by atomic mass is 10.1. The van der Waals surface area contributed by atoms with Crippen LogP contribution in [0.15, 0.2) is 40.8 Å². The Hall–Kier alpha value is -1.83. The smallest absolute Gasteiger partial charge is 0.269 e. The fourth-order valence-corrected chi connectivity index (χ4v) is 4.05. The van der Waals surface area contributed by atoms with Gasteiger partial charge in [0.2, 0.25) is 0 Å². The number of nitro benzene ring substituents is 1. The molecule has 1 aliphatic heterocycles. The first kappa shape index (κ1) is 17.0. The third-order valence-electron chi connectivity index (χ3n) is 4.20. The number of nitrogens with zero attached hydrogens (tertiary/aromatic N) is 2. The van der Waals surface area contributed by atoms with Crippen molar-refractivity contribution in [3.05, 3.63) is 63.6 Å². The number of non-ortho nitro benzene ring substituents is 1. The van der Waals surface area contributed by atoms with E-state index in [-0.39, 0.29) is 11.7 Å². The minimum Gasteiger partial charge on any atom is -0.465 e. The lowest BCUT2D eigenvalue weighted by Crippen LogP contribution is -2.38. The summed E-state index contributed by atoms with van der Waals surface area (Å²) in [6.07, 6.45) is -0.772. The number of rotatable bonds is 5. The van der Waals surface area contributed by atoms with Crippen molar-refractivity contribution in [1.29, 1.82) is 0 Å². The van der Waals surface area contributed by atoms with E-state index in [2.05, 4.69) is 4.90 Å². The highest BCUT2D eigenvalue weighted by Gasteiger charge is 2.29. The van der Waals surface area contributed by atoms with Crippen molar-refractivity contribution >= 4 is 17.4 Å². The van der Waals surface area contributed by atoms with Gasteiger partial charge in [-0.1, -0.05) is 12.1 Å². The van der Waals surface area contributed by atoms with Crippen molar-refractivity contribution < 1.29 is 14.4 Å². The summed E-state index contributed by atoms with van der Waals surface area (Å²) in [5, 5.41) is 21.5. The molecule has 0 radical (unpaired) electrons. The van der Waals surface area contributed by atoms with Crippen LogP contribution >= 0.6 is 11.8 Å². The first-order valence-electron chi connectivity index (χ1n) is 7.85. The Balaban J connectivity index is 1.75. The largest absolute Gasteiger partial charge is 0.465 e. The van der Waals surface area contributed by atoms with Gasteiger partial charge in [-0.2, -0.15) is 11.8 Å². The Labute approximate surface area is 144 Å². The highest BCUT2D eigenvalue weighted by atomic mass is 32.2. The van der Waals surface area contributed by atoms with E-state index >= 15 is 0 Å². The zero-order valence-electron chi connectivity index (χ0n) is 13.4. The Morgan fingerprint density at radius 2 is 2.29 bits per heavy atom. The van der Waals surface area contributed by atoms with Gasteiger partial charge in [-0.15, -0.1) is 0 Å². The van der Waals surface area contributed by atoms with Crippen molar-refractivity contribution in [2.75, 3.05) is 24.6 Å². The average molecular weight is 348 g/mol. The van der Waals surface area contributed by atoms with E-state index in [9.17, 15) is 15.2 Å². The van der Waals surface area contributed by atoms with Gasteiger partial charge in [-0.3, -0.25) is 15.0 Å². The van der Waals surface area contributed by atoms with Gasteiger partial charge in [0.1, 0.15) is 11.5 Å². The molecule has 1 aromatic carbocycles. The molecular formula is C17H20N2O4S. The maximum Gasteiger partial charge on any atom is 0.269 e. The van der Waals surface area contributed by atoms with Gasteiger partial charge in [0.05, 0.1) is 17.1 Å². The number of aliphatic hydroxyl groups is 1. The van der Waals surface area contributed by atoms with Crippen molar-refractivity contribution in [2.24, 2.45) is 0 Å². The Morgan fingerprint density at radius 3 is 3.00 bits per heavy atom. The summed E-state index contributed by atoms with van der Waals surface area (Å²) in [7, 11) is 0. The zero-order valence-corrected chi connectivity index (χ0v) is 14.2. The molecule has 1 aliphatic rings. The molecular weight excluding hydrogens is 328 g/mol. The van der Waals surface area contributed by atoms with Gasteiger partial charge < -0.3 is 9.52 Å². The zero-order chi connectivity index (χ0) is 17.1. The molecule has 1 N–H and O–H groups in total. The van der Waals surface area contributed by atoms with E-state index in [0.717, 1.165) is 29.6 Å². The summed E-state index contributed by atoms with van der Waals surface area (Å²) >= 11 is 1.87. The number of β-amino-alcohol motifs (C(OH)–C–C–N with tert-alkyl or cyclic N) is 1. The van der Waals surface area contributed by atoms with Crippen LogP contribution in [0.1, 0.15) is 29.2 Å². The van der Waals surface area contributed by atoms with E-state index in [1.54, 1.807) is 12.1 Å². The van der Waals surface area contributed by atoms with Crippen LogP contribution in [0.3, 0.4) is 0 Å². The highest BCUT2D eigenvalue weighted by molar-refractivity contribution is 7.99. The quantitative estimate of drug-likeness (QED) is 0.659. The number of nitro groups is 1. The number of furan rings is 1. The molecule has 0 unspecified atom stereocenters. The summed E-state index contributed by atoms with van der Waals surface area (Å²) in [5.74, 6) is 3.69. The molecule has 0 saturated carbocycles. The van der Waals surface area contributed by atoms with Crippen LogP contribution < -0.4 is 0 Å². The molecule has 1 saturated heterocycles. The number of aryl methyl sites for hydroxylation is 1. The number of benzene rings is 1. The molecule has 3 rings (SSSR count). The molecule has 24 heavy (non-hydrogen) atoms. The van der Waals surface area contributed by atoms with E-state index in [1.165, 1.54) is 12.1 Å². The van der Waals surface area contributed by atoms with Crippen LogP contribution in [-0.4, -0.2) is 39.5 Å². The van der Waals surface area contributed by atoms with Gasteiger partial charge in [0.25, 0.3) is 5.69 Å². The standard InChI is InChI=1S/C17H20N2O4S/c1-12-5-6-17(23-12)15-11-24-8-7-18(15)10-16(20)13-3-2-4-14(9-13)19(21)22/h2-6,9,15-16,20H,7-8,10-11H2,1H3/t15-,16-/m1/s1. The van der Waals surface area contributed by atoms with Crippen LogP contribution in [-0.2, 0) is 0 Å². The van der Waals surface area contributed by atoms with Gasteiger partial charge in [-0.25, -0.2) is 0 Å². The SMILES string of the molecule is Cc1ccc([C@H]2CSCCN2C[C@@H](O)c2cccc([N+](=O)[O-])c2)o1. The third kappa shape index (κ3) is 3.80. The summed E-state index contributed by atoms with van der Waals surface area (Å²) in [6, 6.07) is 10.3. The molecule has 7 heteroatoms. The van der Waals surface area contributed by atoms with Crippen LogP contribution in [0, 0.1) is 17.0 Å². The predicted octanol–water partition coefficient (Wildman–Crippen LogP) is 3.32. The molecule has 0 aliphatic carbocycles. The second-order valence-electron chi connectivity index (χ2n) is 5.90. The summed E-state index contributed by atoms with van der Waals surface area (Å²) < 4.78 is 5.77. The van der Waals surface area contributed by atoms with Crippen molar-refractivity contribution in [2.45, 2.75) is 19.1 Å². The lowest BCUT2D eigenvalue weighted by molar-refractivity contribution is -0.385. The summed E-state index contributed by atoms with van der Waals surface area (Å²) in [5.41, 5.74) is 0.566. The van der Waals surface area contributed by atoms with E-state index in [1.807, 2.05) is 30.8 Å². The Morgan fingerprint density at radius 1 is 1.46 bits per heavy atom. The predicted molar refractivity (Wildman–Crippen MR) is 93.1 cm³/mol. The molecule has 1 fully saturated rings. The molecule has 1 aromatic heterocycles. The molecule has 2 atom stereocenters. The minimum atomic E-state index is -0.772. The lowest BCUT2D eigenvalue weighted by Gasteiger charge is -2.35. The number of hydrogen-bond donors (Lipinski definition) is 1. The molecule has 0 spiro atoms. The summed E-state index contributed by atoms with van der Waals surface area (Å²) in [6.45, 7) is 3.19.